The number of thioether (sulfide) groups is 1. The number of carbonyl (C=O) groups is 1. The standard InChI is InChI=1S/C16H14F6N2OS/c1-9-5-12(10(2)24(9)8-15(17,18)19)13(25)7-26-14-4-3-11(6-23-14)16(20,21)22/h3-6H,7-8H2,1-2H3. The van der Waals surface area contributed by atoms with Crippen LogP contribution in [0, 0.1) is 13.8 Å². The molecule has 0 aliphatic rings. The van der Waals surface area contributed by atoms with Crippen LogP contribution in [0.3, 0.4) is 0 Å². The van der Waals surface area contributed by atoms with E-state index in [1.165, 1.54) is 19.9 Å². The number of hydrogen-bond donors (Lipinski definition) is 0. The molecule has 0 aromatic carbocycles. The normalized spacial score (nSPS) is 12.5. The molecule has 3 nitrogen and oxygen atoms in total. The van der Waals surface area contributed by atoms with E-state index in [1.807, 2.05) is 0 Å². The Balaban J connectivity index is 2.08. The van der Waals surface area contributed by atoms with Crippen molar-refractivity contribution >= 4 is 17.5 Å². The molecule has 0 fully saturated rings. The predicted molar refractivity (Wildman–Crippen MR) is 84.3 cm³/mol. The Morgan fingerprint density at radius 1 is 1.15 bits per heavy atom. The van der Waals surface area contributed by atoms with Crippen molar-refractivity contribution in [2.75, 3.05) is 5.75 Å². The number of pyridine rings is 1. The average Bonchev–Trinajstić information content (AvgIpc) is 2.79. The van der Waals surface area contributed by atoms with Crippen LogP contribution in [0.15, 0.2) is 29.4 Å². The molecule has 26 heavy (non-hydrogen) atoms. The zero-order valence-electron chi connectivity index (χ0n) is 13.7. The lowest BCUT2D eigenvalue weighted by atomic mass is 10.2. The number of aromatic nitrogens is 2. The third-order valence-corrected chi connectivity index (χ3v) is 4.57. The number of Topliss-reactive ketones (excluding diaryl/α,β-unsaturated/α-hetero) is 1. The first-order valence-electron chi connectivity index (χ1n) is 7.31. The van der Waals surface area contributed by atoms with Gasteiger partial charge in [-0.25, -0.2) is 4.98 Å². The maximum atomic E-state index is 12.6. The Bertz CT molecular complexity index is 793. The average molecular weight is 396 g/mol. The van der Waals surface area contributed by atoms with E-state index in [0.29, 0.717) is 11.9 Å². The highest BCUT2D eigenvalue weighted by Crippen LogP contribution is 2.30. The van der Waals surface area contributed by atoms with Gasteiger partial charge in [0.1, 0.15) is 6.54 Å². The first-order valence-corrected chi connectivity index (χ1v) is 8.30. The predicted octanol–water partition coefficient (Wildman–Crippen LogP) is 5.06. The highest BCUT2D eigenvalue weighted by Gasteiger charge is 2.31. The van der Waals surface area contributed by atoms with Crippen LogP contribution >= 0.6 is 11.8 Å². The van der Waals surface area contributed by atoms with E-state index in [2.05, 4.69) is 4.98 Å². The maximum Gasteiger partial charge on any atom is 0.417 e. The molecule has 0 amide bonds. The van der Waals surface area contributed by atoms with Crippen molar-refractivity contribution in [3.05, 3.63) is 46.9 Å². The molecule has 0 saturated heterocycles. The molecular weight excluding hydrogens is 382 g/mol. The monoisotopic (exact) mass is 396 g/mol. The van der Waals surface area contributed by atoms with Crippen molar-refractivity contribution in [1.29, 1.82) is 0 Å². The van der Waals surface area contributed by atoms with Crippen LogP contribution in [-0.4, -0.2) is 27.3 Å². The highest BCUT2D eigenvalue weighted by atomic mass is 32.2. The number of rotatable bonds is 5. The summed E-state index contributed by atoms with van der Waals surface area (Å²) in [4.78, 5) is 15.9. The summed E-state index contributed by atoms with van der Waals surface area (Å²) in [5.41, 5.74) is -0.235. The van der Waals surface area contributed by atoms with Crippen molar-refractivity contribution in [2.45, 2.75) is 37.8 Å². The van der Waals surface area contributed by atoms with Crippen LogP contribution in [0.2, 0.25) is 0 Å². The fourth-order valence-corrected chi connectivity index (χ4v) is 3.08. The SMILES string of the molecule is Cc1cc(C(=O)CSc2ccc(C(F)(F)F)cn2)c(C)n1CC(F)(F)F. The van der Waals surface area contributed by atoms with Crippen molar-refractivity contribution in [3.8, 4) is 0 Å². The Morgan fingerprint density at radius 2 is 1.81 bits per heavy atom. The van der Waals surface area contributed by atoms with Gasteiger partial charge in [0.2, 0.25) is 0 Å². The van der Waals surface area contributed by atoms with E-state index in [1.54, 1.807) is 0 Å². The van der Waals surface area contributed by atoms with E-state index in [-0.39, 0.29) is 22.0 Å². The quantitative estimate of drug-likeness (QED) is 0.403. The molecule has 0 spiro atoms. The van der Waals surface area contributed by atoms with Crippen LogP contribution in [0.25, 0.3) is 0 Å². The fraction of sp³-hybridized carbons (Fsp3) is 0.375. The van der Waals surface area contributed by atoms with Crippen molar-refractivity contribution in [2.24, 2.45) is 0 Å². The minimum atomic E-state index is -4.50. The van der Waals surface area contributed by atoms with Gasteiger partial charge in [-0.15, -0.1) is 0 Å². The van der Waals surface area contributed by atoms with Crippen molar-refractivity contribution < 1.29 is 31.1 Å². The zero-order chi connectivity index (χ0) is 19.7. The van der Waals surface area contributed by atoms with Gasteiger partial charge in [-0.3, -0.25) is 4.79 Å². The Kier molecular flexibility index (Phi) is 5.74. The van der Waals surface area contributed by atoms with Crippen molar-refractivity contribution in [1.82, 2.24) is 9.55 Å². The molecule has 2 heterocycles. The molecule has 2 aromatic heterocycles. The third kappa shape index (κ3) is 5.03. The Morgan fingerprint density at radius 3 is 2.31 bits per heavy atom. The molecule has 0 aliphatic heterocycles. The highest BCUT2D eigenvalue weighted by molar-refractivity contribution is 7.99. The van der Waals surface area contributed by atoms with E-state index in [0.717, 1.165) is 28.5 Å². The van der Waals surface area contributed by atoms with Crippen LogP contribution in [0.5, 0.6) is 0 Å². The number of nitrogens with zero attached hydrogens (tertiary/aromatic N) is 2. The maximum absolute atomic E-state index is 12.6. The molecule has 0 atom stereocenters. The summed E-state index contributed by atoms with van der Waals surface area (Å²) in [5.74, 6) is -0.562. The topological polar surface area (TPSA) is 34.9 Å². The van der Waals surface area contributed by atoms with Crippen LogP contribution in [0.1, 0.15) is 27.3 Å². The van der Waals surface area contributed by atoms with Gasteiger partial charge in [-0.05, 0) is 32.0 Å². The number of aryl methyl sites for hydroxylation is 1. The van der Waals surface area contributed by atoms with Crippen molar-refractivity contribution in [3.63, 3.8) is 0 Å². The Hall–Kier alpha value is -1.97. The molecular formula is C16H14F6N2OS. The molecule has 0 aliphatic carbocycles. The van der Waals surface area contributed by atoms with Crippen LogP contribution in [0.4, 0.5) is 26.3 Å². The van der Waals surface area contributed by atoms with Gasteiger partial charge in [0.05, 0.1) is 16.3 Å². The fourth-order valence-electron chi connectivity index (χ4n) is 2.36. The van der Waals surface area contributed by atoms with E-state index in [4.69, 9.17) is 0 Å². The first kappa shape index (κ1) is 20.3. The lowest BCUT2D eigenvalue weighted by Gasteiger charge is -2.12. The zero-order valence-corrected chi connectivity index (χ0v) is 14.5. The summed E-state index contributed by atoms with van der Waals surface area (Å²) in [6.07, 6.45) is -8.24. The second-order valence-corrected chi connectivity index (χ2v) is 6.58. The summed E-state index contributed by atoms with van der Waals surface area (Å²) in [6.45, 7) is 1.71. The summed E-state index contributed by atoms with van der Waals surface area (Å²) in [6, 6.07) is 3.38. The molecule has 0 radical (unpaired) electrons. The lowest BCUT2D eigenvalue weighted by molar-refractivity contribution is -0.141. The van der Waals surface area contributed by atoms with Gasteiger partial charge in [-0.2, -0.15) is 26.3 Å². The summed E-state index contributed by atoms with van der Waals surface area (Å²) in [5, 5.41) is 0.218. The number of carbonyl (C=O) groups excluding carboxylic acids is 1. The minimum Gasteiger partial charge on any atom is -0.339 e. The summed E-state index contributed by atoms with van der Waals surface area (Å²) < 4.78 is 76.2. The van der Waals surface area contributed by atoms with E-state index in [9.17, 15) is 31.1 Å². The number of ketones is 1. The van der Waals surface area contributed by atoms with Crippen LogP contribution in [-0.2, 0) is 12.7 Å². The van der Waals surface area contributed by atoms with Gasteiger partial charge in [0.25, 0.3) is 0 Å². The second kappa shape index (κ2) is 7.34. The first-order chi connectivity index (χ1) is 11.9. The number of hydrogen-bond acceptors (Lipinski definition) is 3. The lowest BCUT2D eigenvalue weighted by Crippen LogP contribution is -2.19. The molecule has 10 heteroatoms. The van der Waals surface area contributed by atoms with E-state index >= 15 is 0 Å². The molecule has 2 aromatic rings. The summed E-state index contributed by atoms with van der Waals surface area (Å²) >= 11 is 0.920. The number of halogens is 6. The molecule has 0 bridgehead atoms. The van der Waals surface area contributed by atoms with Crippen LogP contribution < -0.4 is 0 Å². The van der Waals surface area contributed by atoms with E-state index < -0.39 is 30.2 Å². The van der Waals surface area contributed by atoms with Gasteiger partial charge < -0.3 is 4.57 Å². The van der Waals surface area contributed by atoms with Gasteiger partial charge in [0, 0.05) is 23.1 Å². The third-order valence-electron chi connectivity index (χ3n) is 3.63. The smallest absolute Gasteiger partial charge is 0.339 e. The van der Waals surface area contributed by atoms with Gasteiger partial charge >= 0.3 is 12.4 Å². The largest absolute Gasteiger partial charge is 0.417 e. The van der Waals surface area contributed by atoms with Gasteiger partial charge in [-0.1, -0.05) is 11.8 Å². The number of alkyl halides is 6. The molecule has 2 rings (SSSR count). The van der Waals surface area contributed by atoms with Gasteiger partial charge in [0.15, 0.2) is 5.78 Å². The molecule has 142 valence electrons. The Labute approximate surface area is 149 Å². The molecule has 0 unspecified atom stereocenters. The minimum absolute atomic E-state index is 0.144. The summed E-state index contributed by atoms with van der Waals surface area (Å²) in [7, 11) is 0. The molecule has 0 saturated carbocycles. The molecule has 0 N–H and O–H groups in total. The second-order valence-electron chi connectivity index (χ2n) is 5.58.